The lowest BCUT2D eigenvalue weighted by molar-refractivity contribution is -0.188. The Balaban J connectivity index is 1.70. The Hall–Kier alpha value is -4.02. The van der Waals surface area contributed by atoms with Crippen molar-refractivity contribution in [2.24, 2.45) is 35.3 Å². The molecule has 2 aromatic carbocycles. The van der Waals surface area contributed by atoms with Crippen LogP contribution in [-0.2, 0) is 19.2 Å². The summed E-state index contributed by atoms with van der Waals surface area (Å²) in [5.41, 5.74) is 4.10. The number of nitrogens with two attached hydrogens (primary N) is 1. The Labute approximate surface area is 230 Å². The predicted octanol–water partition coefficient (Wildman–Crippen LogP) is 1.15. The zero-order valence-electron chi connectivity index (χ0n) is 22.5. The van der Waals surface area contributed by atoms with E-state index in [2.05, 4.69) is 0 Å². The molecule has 10 nitrogen and oxygen atoms in total. The van der Waals surface area contributed by atoms with Crippen LogP contribution in [0.2, 0.25) is 0 Å². The molecule has 10 heteroatoms. The maximum atomic E-state index is 14.1. The van der Waals surface area contributed by atoms with E-state index in [0.717, 1.165) is 0 Å². The number of hydrogen-bond donors (Lipinski definition) is 3. The van der Waals surface area contributed by atoms with Crippen molar-refractivity contribution >= 4 is 35.3 Å². The summed E-state index contributed by atoms with van der Waals surface area (Å²) in [5.74, 6) is -12.2. The molecular formula is C30H30N2O8. The molecule has 8 atom stereocenters. The van der Waals surface area contributed by atoms with E-state index in [4.69, 9.17) is 5.73 Å². The van der Waals surface area contributed by atoms with Gasteiger partial charge in [-0.1, -0.05) is 44.2 Å². The van der Waals surface area contributed by atoms with Crippen molar-refractivity contribution in [2.45, 2.75) is 31.4 Å². The number of carbonyl (C=O) groups excluding carboxylic acids is 6. The number of hydrogen-bond acceptors (Lipinski definition) is 9. The van der Waals surface area contributed by atoms with Crippen LogP contribution in [0.25, 0.3) is 11.1 Å². The van der Waals surface area contributed by atoms with Crippen molar-refractivity contribution in [1.82, 2.24) is 4.90 Å². The first-order valence-electron chi connectivity index (χ1n) is 13.0. The molecule has 40 heavy (non-hydrogen) atoms. The van der Waals surface area contributed by atoms with Crippen LogP contribution in [0.5, 0.6) is 5.75 Å². The van der Waals surface area contributed by atoms with Crippen LogP contribution >= 0.6 is 0 Å². The molecule has 1 amide bonds. The van der Waals surface area contributed by atoms with Crippen LogP contribution in [-0.4, -0.2) is 76.2 Å². The number of benzene rings is 2. The topological polar surface area (TPSA) is 172 Å². The number of phenols is 1. The minimum atomic E-state index is -2.80. The molecule has 4 N–H and O–H groups in total. The normalized spacial score (nSPS) is 33.3. The van der Waals surface area contributed by atoms with Gasteiger partial charge in [-0.15, -0.1) is 0 Å². The first-order chi connectivity index (χ1) is 18.8. The molecule has 0 heterocycles. The zero-order valence-corrected chi connectivity index (χ0v) is 22.5. The van der Waals surface area contributed by atoms with Gasteiger partial charge in [-0.05, 0) is 49.0 Å². The molecule has 0 aliphatic heterocycles. The number of Topliss-reactive ketones (excluding diaryl/α,β-unsaturated/α-hetero) is 4. The average molecular weight is 547 g/mol. The van der Waals surface area contributed by atoms with Crippen LogP contribution in [0.15, 0.2) is 36.4 Å². The molecule has 0 aromatic heterocycles. The second-order valence-electron chi connectivity index (χ2n) is 11.4. The fraction of sp³-hybridized carbons (Fsp3) is 0.400. The molecule has 5 rings (SSSR count). The molecule has 2 fully saturated rings. The summed E-state index contributed by atoms with van der Waals surface area (Å²) in [6, 6.07) is 8.60. The lowest BCUT2D eigenvalue weighted by Gasteiger charge is -2.57. The van der Waals surface area contributed by atoms with Crippen LogP contribution in [0.4, 0.5) is 0 Å². The molecular weight excluding hydrogens is 516 g/mol. The Morgan fingerprint density at radius 3 is 2.33 bits per heavy atom. The first kappa shape index (κ1) is 27.5. The van der Waals surface area contributed by atoms with Crippen molar-refractivity contribution in [1.29, 1.82) is 0 Å². The summed E-state index contributed by atoms with van der Waals surface area (Å²) in [6.07, 6.45) is 0.655. The number of carbonyl (C=O) groups is 6. The smallest absolute Gasteiger partial charge is 0.235 e. The average Bonchev–Trinajstić information content (AvgIpc) is 2.90. The van der Waals surface area contributed by atoms with Crippen LogP contribution in [0.1, 0.15) is 46.0 Å². The van der Waals surface area contributed by atoms with E-state index in [-0.39, 0.29) is 16.9 Å². The molecule has 2 unspecified atom stereocenters. The quantitative estimate of drug-likeness (QED) is 0.376. The van der Waals surface area contributed by atoms with E-state index in [0.29, 0.717) is 23.0 Å². The molecule has 0 spiro atoms. The van der Waals surface area contributed by atoms with Crippen molar-refractivity contribution in [3.8, 4) is 16.9 Å². The summed E-state index contributed by atoms with van der Waals surface area (Å²) in [6.45, 7) is 3.49. The van der Waals surface area contributed by atoms with Gasteiger partial charge in [0.25, 0.3) is 0 Å². The zero-order chi connectivity index (χ0) is 29.4. The number of likely N-dealkylation sites (N-methyl/N-ethyl adjacent to an activating group) is 1. The van der Waals surface area contributed by atoms with E-state index in [9.17, 15) is 39.0 Å². The third kappa shape index (κ3) is 3.49. The molecule has 208 valence electrons. The van der Waals surface area contributed by atoms with E-state index in [1.807, 2.05) is 0 Å². The Kier molecular flexibility index (Phi) is 6.39. The number of aromatic hydroxyl groups is 1. The lowest BCUT2D eigenvalue weighted by Crippen LogP contribution is -2.76. The van der Waals surface area contributed by atoms with E-state index < -0.39 is 76.2 Å². The van der Waals surface area contributed by atoms with Gasteiger partial charge in [0.15, 0.2) is 34.7 Å². The molecule has 3 aliphatic rings. The van der Waals surface area contributed by atoms with Crippen LogP contribution in [0.3, 0.4) is 0 Å². The first-order valence-corrected chi connectivity index (χ1v) is 13.0. The number of aldehydes is 1. The van der Waals surface area contributed by atoms with Gasteiger partial charge in [0.1, 0.15) is 12.0 Å². The highest BCUT2D eigenvalue weighted by atomic mass is 16.3. The standard InChI is InChI=1S/C30H30N2O8/c1-12-16-8-9-17(15-7-5-6-14(10-15)11-33)24(34)19(16)25(35)20-18(12)13(2)22-23(32(3)4)26(36)21(29(31)39)28(38)30(22,40)27(20)37/h5-13,18,20-23,34,40H,1-4H3,(H2,31,39)/t12-,13-,18-,20?,21?,22-,23-,30-/m0/s1. The highest BCUT2D eigenvalue weighted by molar-refractivity contribution is 6.32. The number of primary amides is 1. The van der Waals surface area contributed by atoms with Crippen molar-refractivity contribution in [3.05, 3.63) is 53.1 Å². The number of fused-ring (bicyclic) bond motifs is 3. The maximum absolute atomic E-state index is 14.1. The van der Waals surface area contributed by atoms with Crippen molar-refractivity contribution in [2.75, 3.05) is 14.1 Å². The fourth-order valence-corrected chi connectivity index (χ4v) is 7.50. The summed E-state index contributed by atoms with van der Waals surface area (Å²) in [7, 11) is 3.09. The second kappa shape index (κ2) is 9.28. The SMILES string of the molecule is C[C@H]1[C@H]2C(C(=O)c3c(ccc(-c4cccc(C=O)c4)c3O)[C@@H]2C)C(=O)[C@]2(O)C(=O)C(C(N)=O)C(=O)[C@@H](N(C)C)[C@H]12. The van der Waals surface area contributed by atoms with Gasteiger partial charge in [-0.25, -0.2) is 0 Å². The molecule has 0 bridgehead atoms. The number of aliphatic hydroxyl groups is 1. The molecule has 0 saturated heterocycles. The van der Waals surface area contributed by atoms with Crippen molar-refractivity contribution < 1.29 is 39.0 Å². The monoisotopic (exact) mass is 546 g/mol. The molecule has 0 radical (unpaired) electrons. The number of phenolic OH excluding ortho intramolecular Hbond substituents is 1. The molecule has 2 saturated carbocycles. The number of rotatable bonds is 4. The highest BCUT2D eigenvalue weighted by Gasteiger charge is 2.72. The van der Waals surface area contributed by atoms with E-state index >= 15 is 0 Å². The van der Waals surface area contributed by atoms with Gasteiger partial charge >= 0.3 is 0 Å². The predicted molar refractivity (Wildman–Crippen MR) is 141 cm³/mol. The third-order valence-electron chi connectivity index (χ3n) is 9.23. The lowest BCUT2D eigenvalue weighted by atomic mass is 9.47. The summed E-state index contributed by atoms with van der Waals surface area (Å²) >= 11 is 0. The molecule has 2 aromatic rings. The van der Waals surface area contributed by atoms with Gasteiger partial charge in [0, 0.05) is 17.0 Å². The minimum absolute atomic E-state index is 0.0969. The Morgan fingerprint density at radius 2 is 1.73 bits per heavy atom. The van der Waals surface area contributed by atoms with Gasteiger partial charge in [0.2, 0.25) is 5.91 Å². The third-order valence-corrected chi connectivity index (χ3v) is 9.23. The number of amides is 1. The van der Waals surface area contributed by atoms with E-state index in [1.165, 1.54) is 4.90 Å². The van der Waals surface area contributed by atoms with Gasteiger partial charge < -0.3 is 15.9 Å². The van der Waals surface area contributed by atoms with Gasteiger partial charge in [-0.2, -0.15) is 0 Å². The number of nitrogens with zero attached hydrogens (tertiary/aromatic N) is 1. The largest absolute Gasteiger partial charge is 0.507 e. The summed E-state index contributed by atoms with van der Waals surface area (Å²) < 4.78 is 0. The highest BCUT2D eigenvalue weighted by Crippen LogP contribution is 2.57. The summed E-state index contributed by atoms with van der Waals surface area (Å²) in [5, 5.41) is 23.2. The van der Waals surface area contributed by atoms with E-state index in [1.54, 1.807) is 64.3 Å². The minimum Gasteiger partial charge on any atom is -0.507 e. The Bertz CT molecular complexity index is 1510. The maximum Gasteiger partial charge on any atom is 0.235 e. The fourth-order valence-electron chi connectivity index (χ4n) is 7.50. The summed E-state index contributed by atoms with van der Waals surface area (Å²) in [4.78, 5) is 80.0. The number of ketones is 4. The van der Waals surface area contributed by atoms with Crippen LogP contribution < -0.4 is 5.73 Å². The van der Waals surface area contributed by atoms with Gasteiger partial charge in [0.05, 0.1) is 17.5 Å². The van der Waals surface area contributed by atoms with Gasteiger partial charge in [-0.3, -0.25) is 33.7 Å². The molecule has 3 aliphatic carbocycles. The van der Waals surface area contributed by atoms with Crippen molar-refractivity contribution in [3.63, 3.8) is 0 Å². The van der Waals surface area contributed by atoms with Crippen LogP contribution in [0, 0.1) is 29.6 Å². The Morgan fingerprint density at radius 1 is 1.05 bits per heavy atom. The second-order valence-corrected chi connectivity index (χ2v) is 11.4.